The Morgan fingerprint density at radius 2 is 1.47 bits per heavy atom. The van der Waals surface area contributed by atoms with E-state index < -0.39 is 5.97 Å². The Balaban J connectivity index is 4.93. The molecule has 0 aliphatic heterocycles. The molecule has 0 aromatic carbocycles. The Morgan fingerprint density at radius 1 is 1.00 bits per heavy atom. The van der Waals surface area contributed by atoms with Crippen molar-refractivity contribution in [2.75, 3.05) is 0 Å². The minimum Gasteiger partial charge on any atom is -0.481 e. The number of aliphatic carboxylic acids is 1. The van der Waals surface area contributed by atoms with E-state index in [1.807, 2.05) is 39.8 Å². The van der Waals surface area contributed by atoms with Gasteiger partial charge in [-0.3, -0.25) is 4.79 Å². The van der Waals surface area contributed by atoms with Crippen LogP contribution in [-0.4, -0.2) is 11.1 Å². The minimum absolute atomic E-state index is 0.0357. The smallest absolute Gasteiger partial charge is 0.308 e. The summed E-state index contributed by atoms with van der Waals surface area (Å²) < 4.78 is 0. The summed E-state index contributed by atoms with van der Waals surface area (Å²) >= 11 is 0. The van der Waals surface area contributed by atoms with Crippen molar-refractivity contribution >= 4 is 5.97 Å². The summed E-state index contributed by atoms with van der Waals surface area (Å²) in [5, 5.41) is 8.61. The molecule has 2 nitrogen and oxygen atoms in total. The predicted octanol–water partition coefficient (Wildman–Crippen LogP) is 4.02. The minimum atomic E-state index is -0.826. The van der Waals surface area contributed by atoms with Gasteiger partial charge in [-0.1, -0.05) is 12.2 Å². The summed E-state index contributed by atoms with van der Waals surface area (Å²) in [5.74, 6) is -0.826. The average molecular weight is 232 g/mol. The molecule has 17 heavy (non-hydrogen) atoms. The van der Waals surface area contributed by atoms with Gasteiger partial charge in [0, 0.05) is 0 Å². The number of hydrogen-bond acceptors (Lipinski definition) is 1. The first kappa shape index (κ1) is 15.2. The molecule has 0 aliphatic carbocycles. The Kier molecular flexibility index (Phi) is 6.74. The molecule has 0 aromatic heterocycles. The quantitative estimate of drug-likeness (QED) is 0.587. The number of allylic oxidation sites excluding steroid dienone is 3. The maximum atomic E-state index is 10.5. The van der Waals surface area contributed by atoms with Crippen LogP contribution in [-0.2, 0) is 4.79 Å². The zero-order valence-corrected chi connectivity index (χ0v) is 11.2. The number of rotatable bonds is 4. The van der Waals surface area contributed by atoms with Crippen molar-refractivity contribution in [1.29, 1.82) is 0 Å². The van der Waals surface area contributed by atoms with Crippen molar-refractivity contribution in [3.63, 3.8) is 0 Å². The van der Waals surface area contributed by atoms with Gasteiger partial charge in [-0.15, -0.1) is 11.5 Å². The van der Waals surface area contributed by atoms with Crippen LogP contribution in [0.15, 0.2) is 45.9 Å². The van der Waals surface area contributed by atoms with Gasteiger partial charge >= 0.3 is 5.97 Å². The number of hydrogen-bond donors (Lipinski definition) is 1. The summed E-state index contributed by atoms with van der Waals surface area (Å²) in [6.07, 6.45) is 3.90. The molecule has 2 heteroatoms. The van der Waals surface area contributed by atoms with Crippen molar-refractivity contribution in [1.82, 2.24) is 0 Å². The first-order valence-electron chi connectivity index (χ1n) is 5.55. The molecule has 0 fully saturated rings. The third-order valence-electron chi connectivity index (χ3n) is 1.86. The average Bonchev–Trinajstić information content (AvgIpc) is 2.12. The molecular formula is C15H20O2. The molecule has 0 heterocycles. The molecule has 0 aliphatic rings. The van der Waals surface area contributed by atoms with Crippen molar-refractivity contribution in [2.24, 2.45) is 0 Å². The largest absolute Gasteiger partial charge is 0.481 e. The van der Waals surface area contributed by atoms with Gasteiger partial charge in [0.2, 0.25) is 0 Å². The maximum absolute atomic E-state index is 10.5. The van der Waals surface area contributed by atoms with Crippen molar-refractivity contribution < 1.29 is 9.90 Å². The molecule has 0 radical (unpaired) electrons. The summed E-state index contributed by atoms with van der Waals surface area (Å²) in [6.45, 7) is 9.64. The zero-order valence-electron chi connectivity index (χ0n) is 11.2. The molecule has 0 saturated heterocycles. The molecule has 1 N–H and O–H groups in total. The standard InChI is InChI=1S/C15H20O2/c1-11(2)8-12(3)6-7-13(4)9-14(5)10-15(16)17/h6-7H,10H2,1-5H3,(H,16,17)/b7-6-. The van der Waals surface area contributed by atoms with Gasteiger partial charge < -0.3 is 5.11 Å². The fourth-order valence-corrected chi connectivity index (χ4v) is 1.34. The van der Waals surface area contributed by atoms with Gasteiger partial charge in [0.25, 0.3) is 0 Å². The lowest BCUT2D eigenvalue weighted by atomic mass is 10.1. The van der Waals surface area contributed by atoms with E-state index in [0.717, 1.165) is 22.3 Å². The lowest BCUT2D eigenvalue weighted by Gasteiger charge is -1.92. The van der Waals surface area contributed by atoms with Gasteiger partial charge in [-0.25, -0.2) is 0 Å². The van der Waals surface area contributed by atoms with Crippen LogP contribution < -0.4 is 0 Å². The highest BCUT2D eigenvalue weighted by atomic mass is 16.4. The highest BCUT2D eigenvalue weighted by Gasteiger charge is 1.96. The Bertz CT molecular complexity index is 445. The fourth-order valence-electron chi connectivity index (χ4n) is 1.34. The van der Waals surface area contributed by atoms with Crippen LogP contribution in [0.25, 0.3) is 0 Å². The van der Waals surface area contributed by atoms with E-state index in [2.05, 4.69) is 11.5 Å². The second-order valence-corrected chi connectivity index (χ2v) is 4.30. The van der Waals surface area contributed by atoms with Gasteiger partial charge in [0.1, 0.15) is 0 Å². The zero-order chi connectivity index (χ0) is 13.4. The summed E-state index contributed by atoms with van der Waals surface area (Å²) in [5.41, 5.74) is 10.0. The summed E-state index contributed by atoms with van der Waals surface area (Å²) in [4.78, 5) is 10.5. The van der Waals surface area contributed by atoms with E-state index in [-0.39, 0.29) is 6.42 Å². The van der Waals surface area contributed by atoms with E-state index in [0.29, 0.717) is 0 Å². The van der Waals surface area contributed by atoms with Crippen LogP contribution in [0.1, 0.15) is 41.0 Å². The Labute approximate surface area is 103 Å². The Morgan fingerprint density at radius 3 is 1.88 bits per heavy atom. The lowest BCUT2D eigenvalue weighted by Crippen LogP contribution is -1.93. The predicted molar refractivity (Wildman–Crippen MR) is 70.8 cm³/mol. The van der Waals surface area contributed by atoms with Crippen LogP contribution >= 0.6 is 0 Å². The third-order valence-corrected chi connectivity index (χ3v) is 1.86. The molecule has 0 spiro atoms. The number of carbonyl (C=O) groups is 1. The first-order chi connectivity index (χ1) is 7.81. The first-order valence-corrected chi connectivity index (χ1v) is 5.55. The van der Waals surface area contributed by atoms with Crippen molar-refractivity contribution in [2.45, 2.75) is 41.0 Å². The van der Waals surface area contributed by atoms with Crippen LogP contribution in [0.4, 0.5) is 0 Å². The van der Waals surface area contributed by atoms with Gasteiger partial charge in [0.05, 0.1) is 6.42 Å². The van der Waals surface area contributed by atoms with Crippen LogP contribution in [0.2, 0.25) is 0 Å². The summed E-state index contributed by atoms with van der Waals surface area (Å²) in [6, 6.07) is 0. The number of carboxylic acids is 1. The Hall–Kier alpha value is -1.75. The topological polar surface area (TPSA) is 37.3 Å². The van der Waals surface area contributed by atoms with E-state index in [1.165, 1.54) is 0 Å². The SMILES string of the molecule is CC(C)=C=C(C)/C=C\C(C)=C=C(C)CC(=O)O. The number of carboxylic acid groups (broad SMARTS) is 1. The lowest BCUT2D eigenvalue weighted by molar-refractivity contribution is -0.136. The molecule has 0 atom stereocenters. The van der Waals surface area contributed by atoms with E-state index in [9.17, 15) is 4.79 Å². The molecule has 0 bridgehead atoms. The second kappa shape index (κ2) is 7.51. The second-order valence-electron chi connectivity index (χ2n) is 4.30. The van der Waals surface area contributed by atoms with E-state index in [4.69, 9.17) is 5.11 Å². The van der Waals surface area contributed by atoms with Gasteiger partial charge in [0.15, 0.2) is 0 Å². The van der Waals surface area contributed by atoms with Gasteiger partial charge in [-0.2, -0.15) is 0 Å². The normalized spacial score (nSPS) is 9.47. The van der Waals surface area contributed by atoms with Crippen LogP contribution in [0.3, 0.4) is 0 Å². The van der Waals surface area contributed by atoms with Crippen LogP contribution in [0.5, 0.6) is 0 Å². The highest BCUT2D eigenvalue weighted by Crippen LogP contribution is 2.03. The van der Waals surface area contributed by atoms with E-state index in [1.54, 1.807) is 6.92 Å². The molecule has 0 aromatic rings. The highest BCUT2D eigenvalue weighted by molar-refractivity contribution is 5.69. The van der Waals surface area contributed by atoms with Crippen molar-refractivity contribution in [3.8, 4) is 0 Å². The van der Waals surface area contributed by atoms with Crippen molar-refractivity contribution in [3.05, 3.63) is 45.9 Å². The van der Waals surface area contributed by atoms with Crippen LogP contribution in [0, 0.1) is 0 Å². The fraction of sp³-hybridized carbons (Fsp3) is 0.400. The summed E-state index contributed by atoms with van der Waals surface area (Å²) in [7, 11) is 0. The third kappa shape index (κ3) is 9.19. The molecule has 0 unspecified atom stereocenters. The van der Waals surface area contributed by atoms with Gasteiger partial charge in [-0.05, 0) is 56.9 Å². The van der Waals surface area contributed by atoms with E-state index >= 15 is 0 Å². The molecular weight excluding hydrogens is 212 g/mol. The molecule has 0 saturated carbocycles. The maximum Gasteiger partial charge on any atom is 0.308 e. The monoisotopic (exact) mass is 232 g/mol. The molecule has 92 valence electrons. The molecule has 0 amide bonds. The molecule has 0 rings (SSSR count).